The fourth-order valence-electron chi connectivity index (χ4n) is 1.52. The molecule has 1 amide bonds. The maximum absolute atomic E-state index is 11.6. The summed E-state index contributed by atoms with van der Waals surface area (Å²) in [5.41, 5.74) is 2.10. The second-order valence-electron chi connectivity index (χ2n) is 4.81. The molecule has 0 unspecified atom stereocenters. The Morgan fingerprint density at radius 3 is 2.63 bits per heavy atom. The Morgan fingerprint density at radius 2 is 2.00 bits per heavy atom. The number of nitrogens with zero attached hydrogens (tertiary/aromatic N) is 1. The summed E-state index contributed by atoms with van der Waals surface area (Å²) < 4.78 is 6.59. The number of rotatable bonds is 6. The summed E-state index contributed by atoms with van der Waals surface area (Å²) in [6, 6.07) is 3.93. The average Bonchev–Trinajstić information content (AvgIpc) is 2.31. The van der Waals surface area contributed by atoms with Gasteiger partial charge in [-0.05, 0) is 51.2 Å². The molecular weight excluding hydrogens is 308 g/mol. The Bertz CT molecular complexity index is 447. The predicted molar refractivity (Wildman–Crippen MR) is 80.7 cm³/mol. The first-order valence-electron chi connectivity index (χ1n) is 6.21. The summed E-state index contributed by atoms with van der Waals surface area (Å²) in [5, 5.41) is 2.81. The standard InChI is InChI=1S/C14H21BrN2O2/c1-10-8-13(11(2)7-12(10)15)19-9-14(18)16-5-6-17(3)4/h7-8H,5-6,9H2,1-4H3,(H,16,18). The highest BCUT2D eigenvalue weighted by molar-refractivity contribution is 9.10. The van der Waals surface area contributed by atoms with Gasteiger partial charge >= 0.3 is 0 Å². The number of carbonyl (C=O) groups excluding carboxylic acids is 1. The molecule has 0 aliphatic heterocycles. The number of carbonyl (C=O) groups is 1. The van der Waals surface area contributed by atoms with Crippen molar-refractivity contribution in [2.75, 3.05) is 33.8 Å². The van der Waals surface area contributed by atoms with Gasteiger partial charge in [-0.2, -0.15) is 0 Å². The second kappa shape index (κ2) is 7.50. The lowest BCUT2D eigenvalue weighted by atomic mass is 10.1. The van der Waals surface area contributed by atoms with Gasteiger partial charge in [0.25, 0.3) is 5.91 Å². The summed E-state index contributed by atoms with van der Waals surface area (Å²) >= 11 is 3.47. The lowest BCUT2D eigenvalue weighted by Crippen LogP contribution is -2.34. The van der Waals surface area contributed by atoms with Crippen molar-refractivity contribution in [3.8, 4) is 5.75 Å². The zero-order chi connectivity index (χ0) is 14.4. The van der Waals surface area contributed by atoms with Crippen LogP contribution in [0.2, 0.25) is 0 Å². The highest BCUT2D eigenvalue weighted by Gasteiger charge is 2.07. The first-order valence-corrected chi connectivity index (χ1v) is 7.00. The molecule has 106 valence electrons. The number of aryl methyl sites for hydroxylation is 2. The molecule has 0 aliphatic carbocycles. The highest BCUT2D eigenvalue weighted by Crippen LogP contribution is 2.26. The minimum atomic E-state index is -0.0955. The van der Waals surface area contributed by atoms with E-state index >= 15 is 0 Å². The third-order valence-corrected chi connectivity index (χ3v) is 3.55. The SMILES string of the molecule is Cc1cc(OCC(=O)NCCN(C)C)c(C)cc1Br. The van der Waals surface area contributed by atoms with Crippen LogP contribution in [0.1, 0.15) is 11.1 Å². The van der Waals surface area contributed by atoms with Crippen LogP contribution in [0.3, 0.4) is 0 Å². The van der Waals surface area contributed by atoms with E-state index in [1.54, 1.807) is 0 Å². The van der Waals surface area contributed by atoms with Crippen molar-refractivity contribution in [2.45, 2.75) is 13.8 Å². The van der Waals surface area contributed by atoms with Crippen LogP contribution >= 0.6 is 15.9 Å². The minimum absolute atomic E-state index is 0.0509. The van der Waals surface area contributed by atoms with E-state index in [2.05, 4.69) is 21.2 Å². The molecule has 1 aromatic carbocycles. The average molecular weight is 329 g/mol. The van der Waals surface area contributed by atoms with E-state index in [-0.39, 0.29) is 12.5 Å². The van der Waals surface area contributed by atoms with Crippen LogP contribution in [0.15, 0.2) is 16.6 Å². The van der Waals surface area contributed by atoms with E-state index in [1.165, 1.54) is 0 Å². The fraction of sp³-hybridized carbons (Fsp3) is 0.500. The van der Waals surface area contributed by atoms with Crippen LogP contribution in [-0.4, -0.2) is 44.6 Å². The Kier molecular flexibility index (Phi) is 6.31. The molecule has 19 heavy (non-hydrogen) atoms. The predicted octanol–water partition coefficient (Wildman–Crippen LogP) is 2.12. The lowest BCUT2D eigenvalue weighted by Gasteiger charge is -2.13. The molecule has 0 radical (unpaired) electrons. The Hall–Kier alpha value is -1.07. The summed E-state index contributed by atoms with van der Waals surface area (Å²) in [7, 11) is 3.94. The van der Waals surface area contributed by atoms with Gasteiger partial charge in [-0.25, -0.2) is 0 Å². The van der Waals surface area contributed by atoms with Crippen molar-refractivity contribution in [2.24, 2.45) is 0 Å². The van der Waals surface area contributed by atoms with Gasteiger partial charge < -0.3 is 15.0 Å². The molecule has 0 saturated heterocycles. The molecular formula is C14H21BrN2O2. The van der Waals surface area contributed by atoms with Gasteiger partial charge in [-0.1, -0.05) is 15.9 Å². The van der Waals surface area contributed by atoms with E-state index in [0.29, 0.717) is 6.54 Å². The van der Waals surface area contributed by atoms with E-state index in [1.807, 2.05) is 45.0 Å². The Labute approximate surface area is 123 Å². The summed E-state index contributed by atoms with van der Waals surface area (Å²) in [6.07, 6.45) is 0. The third-order valence-electron chi connectivity index (χ3n) is 2.70. The van der Waals surface area contributed by atoms with Crippen molar-refractivity contribution in [1.82, 2.24) is 10.2 Å². The van der Waals surface area contributed by atoms with E-state index in [4.69, 9.17) is 4.74 Å². The zero-order valence-electron chi connectivity index (χ0n) is 11.9. The molecule has 0 saturated carbocycles. The molecule has 0 heterocycles. The summed E-state index contributed by atoms with van der Waals surface area (Å²) in [4.78, 5) is 13.6. The Morgan fingerprint density at radius 1 is 1.32 bits per heavy atom. The van der Waals surface area contributed by atoms with Gasteiger partial charge in [0.1, 0.15) is 5.75 Å². The maximum atomic E-state index is 11.6. The van der Waals surface area contributed by atoms with Crippen LogP contribution in [0.4, 0.5) is 0 Å². The van der Waals surface area contributed by atoms with Crippen molar-refractivity contribution in [3.05, 3.63) is 27.7 Å². The maximum Gasteiger partial charge on any atom is 0.257 e. The molecule has 0 aromatic heterocycles. The van der Waals surface area contributed by atoms with Crippen molar-refractivity contribution in [3.63, 3.8) is 0 Å². The van der Waals surface area contributed by atoms with Crippen molar-refractivity contribution >= 4 is 21.8 Å². The van der Waals surface area contributed by atoms with Gasteiger partial charge in [0, 0.05) is 17.6 Å². The number of hydrogen-bond donors (Lipinski definition) is 1. The number of hydrogen-bond acceptors (Lipinski definition) is 3. The minimum Gasteiger partial charge on any atom is -0.483 e. The molecule has 1 N–H and O–H groups in total. The van der Waals surface area contributed by atoms with E-state index < -0.39 is 0 Å². The number of benzene rings is 1. The van der Waals surface area contributed by atoms with Gasteiger partial charge in [0.2, 0.25) is 0 Å². The number of halogens is 1. The molecule has 5 heteroatoms. The number of ether oxygens (including phenoxy) is 1. The van der Waals surface area contributed by atoms with E-state index in [9.17, 15) is 4.79 Å². The van der Waals surface area contributed by atoms with Crippen LogP contribution in [0, 0.1) is 13.8 Å². The zero-order valence-corrected chi connectivity index (χ0v) is 13.5. The topological polar surface area (TPSA) is 41.6 Å². The first-order chi connectivity index (χ1) is 8.90. The number of nitrogens with one attached hydrogen (secondary N) is 1. The van der Waals surface area contributed by atoms with Gasteiger partial charge in [-0.15, -0.1) is 0 Å². The molecule has 1 rings (SSSR count). The van der Waals surface area contributed by atoms with Crippen LogP contribution in [0.5, 0.6) is 5.75 Å². The number of likely N-dealkylation sites (N-methyl/N-ethyl adjacent to an activating group) is 1. The summed E-state index contributed by atoms with van der Waals surface area (Å²) in [6.45, 7) is 5.46. The third kappa shape index (κ3) is 5.61. The Balaban J connectivity index is 2.44. The van der Waals surface area contributed by atoms with Crippen molar-refractivity contribution < 1.29 is 9.53 Å². The molecule has 0 spiro atoms. The molecule has 0 bridgehead atoms. The van der Waals surface area contributed by atoms with Crippen LogP contribution < -0.4 is 10.1 Å². The number of amides is 1. The quantitative estimate of drug-likeness (QED) is 0.869. The molecule has 1 aromatic rings. The van der Waals surface area contributed by atoms with Gasteiger partial charge in [-0.3, -0.25) is 4.79 Å². The molecule has 4 nitrogen and oxygen atoms in total. The van der Waals surface area contributed by atoms with E-state index in [0.717, 1.165) is 27.9 Å². The normalized spacial score (nSPS) is 10.6. The highest BCUT2D eigenvalue weighted by atomic mass is 79.9. The van der Waals surface area contributed by atoms with Gasteiger partial charge in [0.05, 0.1) is 0 Å². The largest absolute Gasteiger partial charge is 0.483 e. The summed E-state index contributed by atoms with van der Waals surface area (Å²) in [5.74, 6) is 0.658. The second-order valence-corrected chi connectivity index (χ2v) is 5.66. The van der Waals surface area contributed by atoms with Crippen LogP contribution in [0.25, 0.3) is 0 Å². The lowest BCUT2D eigenvalue weighted by molar-refractivity contribution is -0.123. The molecule has 0 fully saturated rings. The van der Waals surface area contributed by atoms with Gasteiger partial charge in [0.15, 0.2) is 6.61 Å². The first kappa shape index (κ1) is 16.0. The molecule has 0 aliphatic rings. The smallest absolute Gasteiger partial charge is 0.257 e. The van der Waals surface area contributed by atoms with Crippen molar-refractivity contribution in [1.29, 1.82) is 0 Å². The van der Waals surface area contributed by atoms with Crippen LogP contribution in [-0.2, 0) is 4.79 Å². The monoisotopic (exact) mass is 328 g/mol. The fourth-order valence-corrected chi connectivity index (χ4v) is 1.98. The molecule has 0 atom stereocenters.